The Bertz CT molecular complexity index is 1470. The van der Waals surface area contributed by atoms with Crippen LogP contribution in [0.4, 0.5) is 0 Å². The molecule has 1 unspecified atom stereocenters. The Kier molecular flexibility index (Phi) is 4.78. The van der Waals surface area contributed by atoms with Crippen LogP contribution in [0, 0.1) is 0 Å². The van der Waals surface area contributed by atoms with E-state index < -0.39 is 0 Å². The molecule has 2 heterocycles. The van der Waals surface area contributed by atoms with E-state index in [0.717, 1.165) is 44.4 Å². The fourth-order valence-corrected chi connectivity index (χ4v) is 5.04. The number of amides is 1. The van der Waals surface area contributed by atoms with Gasteiger partial charge in [-0.2, -0.15) is 0 Å². The summed E-state index contributed by atoms with van der Waals surface area (Å²) in [6.45, 7) is 0.540. The van der Waals surface area contributed by atoms with Crippen molar-refractivity contribution in [1.82, 2.24) is 9.88 Å². The molecule has 0 fully saturated rings. The number of fused-ring (bicyclic) bond motifs is 2. The van der Waals surface area contributed by atoms with Gasteiger partial charge in [-0.15, -0.1) is 0 Å². The average Bonchev–Trinajstić information content (AvgIpc) is 3.36. The molecule has 4 heteroatoms. The van der Waals surface area contributed by atoms with E-state index >= 15 is 0 Å². The average molecular weight is 449 g/mol. The third kappa shape index (κ3) is 3.33. The summed E-state index contributed by atoms with van der Waals surface area (Å²) in [5.41, 5.74) is 7.14. The molecule has 5 aromatic rings. The zero-order chi connectivity index (χ0) is 22.4. The van der Waals surface area contributed by atoms with E-state index in [-0.39, 0.29) is 11.9 Å². The summed E-state index contributed by atoms with van der Waals surface area (Å²) in [5, 5.41) is 1.82. The third-order valence-electron chi connectivity index (χ3n) is 6.41. The Morgan fingerprint density at radius 2 is 1.48 bits per heavy atom. The lowest BCUT2D eigenvalue weighted by Gasteiger charge is -2.27. The van der Waals surface area contributed by atoms with Crippen LogP contribution in [0.2, 0.25) is 5.02 Å². The molecule has 1 atom stereocenters. The maximum atomic E-state index is 13.6. The van der Waals surface area contributed by atoms with E-state index in [1.165, 1.54) is 0 Å². The Hall–Kier alpha value is -3.82. The number of carbonyl (C=O) groups is 1. The van der Waals surface area contributed by atoms with Gasteiger partial charge in [0.05, 0.1) is 11.7 Å². The second-order valence-corrected chi connectivity index (χ2v) is 8.81. The molecule has 3 nitrogen and oxygen atoms in total. The molecule has 0 aliphatic carbocycles. The minimum absolute atomic E-state index is 0.0618. The molecule has 0 spiro atoms. The molecule has 160 valence electrons. The number of carbonyl (C=O) groups excluding carboxylic acids is 1. The van der Waals surface area contributed by atoms with Crippen LogP contribution in [0.3, 0.4) is 0 Å². The second kappa shape index (κ2) is 7.95. The topological polar surface area (TPSA) is 36.1 Å². The molecule has 4 aromatic carbocycles. The molecule has 1 amide bonds. The Balaban J connectivity index is 1.60. The Morgan fingerprint density at radius 1 is 0.788 bits per heavy atom. The number of hydrogen-bond donors (Lipinski definition) is 1. The molecule has 0 saturated heterocycles. The number of benzene rings is 4. The molecule has 0 radical (unpaired) electrons. The summed E-state index contributed by atoms with van der Waals surface area (Å²) in [4.78, 5) is 19.3. The van der Waals surface area contributed by atoms with Crippen molar-refractivity contribution in [2.45, 2.75) is 12.6 Å². The van der Waals surface area contributed by atoms with Gasteiger partial charge in [0.15, 0.2) is 0 Å². The zero-order valence-electron chi connectivity index (χ0n) is 17.8. The van der Waals surface area contributed by atoms with Crippen molar-refractivity contribution in [3.05, 3.63) is 130 Å². The van der Waals surface area contributed by atoms with Gasteiger partial charge in [0, 0.05) is 33.6 Å². The maximum Gasteiger partial charge on any atom is 0.255 e. The number of hydrogen-bond acceptors (Lipinski definition) is 1. The van der Waals surface area contributed by atoms with Gasteiger partial charge in [-0.05, 0) is 41.0 Å². The molecule has 0 saturated carbocycles. The summed E-state index contributed by atoms with van der Waals surface area (Å²) >= 11 is 6.18. The minimum Gasteiger partial charge on any atom is -0.354 e. The van der Waals surface area contributed by atoms with Gasteiger partial charge >= 0.3 is 0 Å². The number of halogens is 1. The summed E-state index contributed by atoms with van der Waals surface area (Å²) in [7, 11) is 0. The highest BCUT2D eigenvalue weighted by molar-refractivity contribution is 6.30. The monoisotopic (exact) mass is 448 g/mol. The van der Waals surface area contributed by atoms with Crippen molar-refractivity contribution in [2.24, 2.45) is 0 Å². The second-order valence-electron chi connectivity index (χ2n) is 8.37. The molecule has 1 aromatic heterocycles. The number of nitrogens with zero attached hydrogens (tertiary/aromatic N) is 1. The normalized spacial score (nSPS) is 15.2. The molecular formula is C29H21ClN2O. The van der Waals surface area contributed by atoms with Gasteiger partial charge in [0.1, 0.15) is 0 Å². The third-order valence-corrected chi connectivity index (χ3v) is 6.66. The summed E-state index contributed by atoms with van der Waals surface area (Å²) in [5.74, 6) is 0.0618. The molecule has 1 N–H and O–H groups in total. The van der Waals surface area contributed by atoms with Crippen LogP contribution in [-0.2, 0) is 6.54 Å². The summed E-state index contributed by atoms with van der Waals surface area (Å²) in [6.07, 6.45) is 0. The number of aromatic amines is 1. The van der Waals surface area contributed by atoms with Gasteiger partial charge in [0.2, 0.25) is 0 Å². The van der Waals surface area contributed by atoms with Crippen molar-refractivity contribution in [3.63, 3.8) is 0 Å². The van der Waals surface area contributed by atoms with Gasteiger partial charge < -0.3 is 9.88 Å². The standard InChI is InChI=1S/C29H21ClN2O/c30-21-16-14-20(15-17-21)27-26(24-12-6-7-13-25(24)31-27)28-22-10-4-5-11-23(22)29(33)32(28)18-19-8-2-1-3-9-19/h1-17,28,31H,18H2. The van der Waals surface area contributed by atoms with Crippen molar-refractivity contribution in [1.29, 1.82) is 0 Å². The van der Waals surface area contributed by atoms with Crippen LogP contribution in [-0.4, -0.2) is 15.8 Å². The zero-order valence-corrected chi connectivity index (χ0v) is 18.6. The van der Waals surface area contributed by atoms with E-state index in [4.69, 9.17) is 11.6 Å². The number of nitrogens with one attached hydrogen (secondary N) is 1. The van der Waals surface area contributed by atoms with E-state index in [9.17, 15) is 4.79 Å². The predicted octanol–water partition coefficient (Wildman–Crippen LogP) is 7.23. The van der Waals surface area contributed by atoms with Crippen LogP contribution in [0.25, 0.3) is 22.2 Å². The first kappa shape index (κ1) is 19.8. The lowest BCUT2D eigenvalue weighted by atomic mass is 9.93. The lowest BCUT2D eigenvalue weighted by Crippen LogP contribution is -2.28. The summed E-state index contributed by atoms with van der Waals surface area (Å²) < 4.78 is 0. The number of para-hydroxylation sites is 1. The maximum absolute atomic E-state index is 13.6. The van der Waals surface area contributed by atoms with Crippen molar-refractivity contribution < 1.29 is 4.79 Å². The Morgan fingerprint density at radius 3 is 2.30 bits per heavy atom. The molecule has 33 heavy (non-hydrogen) atoms. The first-order chi connectivity index (χ1) is 16.2. The number of aromatic nitrogens is 1. The highest BCUT2D eigenvalue weighted by Gasteiger charge is 2.40. The van der Waals surface area contributed by atoms with Crippen LogP contribution in [0.5, 0.6) is 0 Å². The molecule has 0 bridgehead atoms. The number of rotatable bonds is 4. The molecular weight excluding hydrogens is 428 g/mol. The quantitative estimate of drug-likeness (QED) is 0.309. The van der Waals surface area contributed by atoms with Crippen LogP contribution >= 0.6 is 11.6 Å². The van der Waals surface area contributed by atoms with Crippen molar-refractivity contribution in [3.8, 4) is 11.3 Å². The van der Waals surface area contributed by atoms with E-state index in [0.29, 0.717) is 11.6 Å². The minimum atomic E-state index is -0.198. The Labute approximate surface area is 197 Å². The van der Waals surface area contributed by atoms with Crippen LogP contribution in [0.15, 0.2) is 103 Å². The fourth-order valence-electron chi connectivity index (χ4n) is 4.92. The lowest BCUT2D eigenvalue weighted by molar-refractivity contribution is 0.0737. The van der Waals surface area contributed by atoms with Gasteiger partial charge in [0.25, 0.3) is 5.91 Å². The SMILES string of the molecule is O=C1c2ccccc2C(c2c(-c3ccc(Cl)cc3)[nH]c3ccccc23)N1Cc1ccccc1. The highest BCUT2D eigenvalue weighted by atomic mass is 35.5. The fraction of sp³-hybridized carbons (Fsp3) is 0.0690. The first-order valence-electron chi connectivity index (χ1n) is 11.0. The van der Waals surface area contributed by atoms with E-state index in [1.807, 2.05) is 71.6 Å². The smallest absolute Gasteiger partial charge is 0.255 e. The summed E-state index contributed by atoms with van der Waals surface area (Å²) in [6, 6.07) is 34.1. The van der Waals surface area contributed by atoms with Crippen LogP contribution < -0.4 is 0 Å². The molecule has 1 aliphatic heterocycles. The van der Waals surface area contributed by atoms with Crippen molar-refractivity contribution >= 4 is 28.4 Å². The number of H-pyrrole nitrogens is 1. The highest BCUT2D eigenvalue weighted by Crippen LogP contribution is 2.46. The molecule has 1 aliphatic rings. The van der Waals surface area contributed by atoms with Gasteiger partial charge in [-0.3, -0.25) is 4.79 Å². The van der Waals surface area contributed by atoms with Crippen LogP contribution in [0.1, 0.15) is 33.1 Å². The predicted molar refractivity (Wildman–Crippen MR) is 133 cm³/mol. The van der Waals surface area contributed by atoms with E-state index in [2.05, 4.69) is 41.4 Å². The van der Waals surface area contributed by atoms with Gasteiger partial charge in [-0.1, -0.05) is 90.5 Å². The molecule has 6 rings (SSSR count). The van der Waals surface area contributed by atoms with E-state index in [1.54, 1.807) is 0 Å². The van der Waals surface area contributed by atoms with Crippen molar-refractivity contribution in [2.75, 3.05) is 0 Å². The largest absolute Gasteiger partial charge is 0.354 e. The first-order valence-corrected chi connectivity index (χ1v) is 11.4. The van der Waals surface area contributed by atoms with Gasteiger partial charge in [-0.25, -0.2) is 0 Å².